The summed E-state index contributed by atoms with van der Waals surface area (Å²) in [7, 11) is 0. The summed E-state index contributed by atoms with van der Waals surface area (Å²) in [6, 6.07) is 16.2. The molecule has 0 saturated carbocycles. The molecule has 36 heavy (non-hydrogen) atoms. The maximum Gasteiger partial charge on any atom is 0.252 e. The summed E-state index contributed by atoms with van der Waals surface area (Å²) in [5.74, 6) is 0. The van der Waals surface area contributed by atoms with Crippen molar-refractivity contribution in [3.8, 4) is 11.1 Å². The first-order valence-corrected chi connectivity index (χ1v) is 13.4. The van der Waals surface area contributed by atoms with Gasteiger partial charge in [-0.15, -0.1) is 0 Å². The van der Waals surface area contributed by atoms with Crippen molar-refractivity contribution >= 4 is 5.69 Å². The van der Waals surface area contributed by atoms with E-state index in [0.29, 0.717) is 19.1 Å². The maximum absolute atomic E-state index is 12.5. The van der Waals surface area contributed by atoms with Crippen LogP contribution >= 0.6 is 0 Å². The van der Waals surface area contributed by atoms with Crippen LogP contribution in [0.25, 0.3) is 11.1 Å². The van der Waals surface area contributed by atoms with Crippen LogP contribution in [0.5, 0.6) is 0 Å². The predicted molar refractivity (Wildman–Crippen MR) is 150 cm³/mol. The minimum atomic E-state index is -0.00106. The van der Waals surface area contributed by atoms with Crippen molar-refractivity contribution in [2.24, 2.45) is 0 Å². The van der Waals surface area contributed by atoms with Crippen molar-refractivity contribution < 1.29 is 4.74 Å². The van der Waals surface area contributed by atoms with E-state index in [1.807, 2.05) is 19.9 Å². The number of benzene rings is 2. The lowest BCUT2D eigenvalue weighted by atomic mass is 9.95. The van der Waals surface area contributed by atoms with Gasteiger partial charge in [0.05, 0.1) is 0 Å². The molecule has 1 aromatic heterocycles. The molecular weight excluding hydrogens is 446 g/mol. The summed E-state index contributed by atoms with van der Waals surface area (Å²) >= 11 is 0. The van der Waals surface area contributed by atoms with Crippen molar-refractivity contribution in [2.75, 3.05) is 24.7 Å². The second-order valence-corrected chi connectivity index (χ2v) is 10.0. The number of rotatable bonds is 9. The van der Waals surface area contributed by atoms with Gasteiger partial charge in [0.1, 0.15) is 0 Å². The van der Waals surface area contributed by atoms with Crippen LogP contribution in [0, 0.1) is 20.8 Å². The highest BCUT2D eigenvalue weighted by Crippen LogP contribution is 2.34. The summed E-state index contributed by atoms with van der Waals surface area (Å²) in [4.78, 5) is 18.0. The molecule has 2 N–H and O–H groups in total. The number of H-pyrrole nitrogens is 1. The average Bonchev–Trinajstić information content (AvgIpc) is 2.88. The van der Waals surface area contributed by atoms with Crippen LogP contribution in [-0.2, 0) is 24.2 Å². The number of pyridine rings is 1. The molecule has 0 unspecified atom stereocenters. The largest absolute Gasteiger partial charge is 0.381 e. The molecule has 5 nitrogen and oxygen atoms in total. The molecule has 0 aliphatic carbocycles. The Morgan fingerprint density at radius 3 is 2.33 bits per heavy atom. The van der Waals surface area contributed by atoms with Crippen molar-refractivity contribution in [1.29, 1.82) is 0 Å². The second kappa shape index (κ2) is 11.9. The van der Waals surface area contributed by atoms with Crippen molar-refractivity contribution in [3.05, 3.63) is 86.3 Å². The third-order valence-electron chi connectivity index (χ3n) is 7.58. The lowest BCUT2D eigenvalue weighted by Gasteiger charge is -2.37. The predicted octanol–water partition coefficient (Wildman–Crippen LogP) is 5.82. The topological polar surface area (TPSA) is 57.4 Å². The van der Waals surface area contributed by atoms with Crippen LogP contribution in [0.3, 0.4) is 0 Å². The number of ether oxygens (including phenoxy) is 1. The van der Waals surface area contributed by atoms with Gasteiger partial charge in [-0.25, -0.2) is 0 Å². The van der Waals surface area contributed by atoms with Gasteiger partial charge in [0.25, 0.3) is 5.56 Å². The van der Waals surface area contributed by atoms with Crippen LogP contribution in [-0.4, -0.2) is 30.8 Å². The van der Waals surface area contributed by atoms with Gasteiger partial charge in [0, 0.05) is 55.8 Å². The van der Waals surface area contributed by atoms with E-state index in [1.54, 1.807) is 0 Å². The summed E-state index contributed by atoms with van der Waals surface area (Å²) in [5.41, 5.74) is 10.5. The molecule has 5 heteroatoms. The third kappa shape index (κ3) is 5.91. The monoisotopic (exact) mass is 487 g/mol. The van der Waals surface area contributed by atoms with Crippen molar-refractivity contribution in [3.63, 3.8) is 0 Å². The van der Waals surface area contributed by atoms with Crippen LogP contribution < -0.4 is 15.8 Å². The highest BCUT2D eigenvalue weighted by molar-refractivity contribution is 5.73. The molecule has 0 bridgehead atoms. The number of aromatic nitrogens is 1. The lowest BCUT2D eigenvalue weighted by molar-refractivity contribution is 0.0846. The van der Waals surface area contributed by atoms with Gasteiger partial charge < -0.3 is 19.9 Å². The highest BCUT2D eigenvalue weighted by Gasteiger charge is 2.23. The number of aromatic amines is 1. The summed E-state index contributed by atoms with van der Waals surface area (Å²) in [6.07, 6.45) is 3.16. The summed E-state index contributed by atoms with van der Waals surface area (Å²) in [5, 5.41) is 3.56. The molecule has 1 aliphatic heterocycles. The quantitative estimate of drug-likeness (QED) is 0.399. The van der Waals surface area contributed by atoms with E-state index in [4.69, 9.17) is 4.74 Å². The highest BCUT2D eigenvalue weighted by atomic mass is 16.5. The Morgan fingerprint density at radius 1 is 0.972 bits per heavy atom. The zero-order valence-electron chi connectivity index (χ0n) is 22.5. The number of nitrogens with zero attached hydrogens (tertiary/aromatic N) is 1. The van der Waals surface area contributed by atoms with Gasteiger partial charge in [-0.1, -0.05) is 31.2 Å². The average molecular weight is 488 g/mol. The van der Waals surface area contributed by atoms with Crippen LogP contribution in [0.4, 0.5) is 5.69 Å². The minimum Gasteiger partial charge on any atom is -0.381 e. The Kier molecular flexibility index (Phi) is 8.65. The molecule has 1 fully saturated rings. The molecule has 0 radical (unpaired) electrons. The zero-order valence-corrected chi connectivity index (χ0v) is 22.5. The first-order chi connectivity index (χ1) is 17.4. The van der Waals surface area contributed by atoms with Crippen LogP contribution in [0.2, 0.25) is 0 Å². The van der Waals surface area contributed by atoms with E-state index < -0.39 is 0 Å². The number of hydrogen-bond donors (Lipinski definition) is 2. The number of aryl methyl sites for hydroxylation is 3. The van der Waals surface area contributed by atoms with E-state index in [9.17, 15) is 4.79 Å². The third-order valence-corrected chi connectivity index (χ3v) is 7.58. The summed E-state index contributed by atoms with van der Waals surface area (Å²) in [6.45, 7) is 14.5. The molecule has 2 aromatic carbocycles. The van der Waals surface area contributed by atoms with Gasteiger partial charge in [0.15, 0.2) is 0 Å². The maximum atomic E-state index is 12.5. The number of anilines is 1. The van der Waals surface area contributed by atoms with Crippen LogP contribution in [0.1, 0.15) is 60.2 Å². The fourth-order valence-corrected chi connectivity index (χ4v) is 5.38. The fourth-order valence-electron chi connectivity index (χ4n) is 5.38. The van der Waals surface area contributed by atoms with Gasteiger partial charge >= 0.3 is 0 Å². The SMILES string of the molecule is CCc1ccc(-c2cc(CNCc3c(C)cc(C)[nH]c3=O)c(C)c(N(CC)C3CCOCC3)c2)cc1. The van der Waals surface area contributed by atoms with E-state index in [-0.39, 0.29) is 5.56 Å². The minimum absolute atomic E-state index is 0.00106. The number of nitrogens with one attached hydrogen (secondary N) is 2. The van der Waals surface area contributed by atoms with E-state index >= 15 is 0 Å². The second-order valence-electron chi connectivity index (χ2n) is 10.0. The Hall–Kier alpha value is -2.89. The molecule has 4 rings (SSSR count). The van der Waals surface area contributed by atoms with Gasteiger partial charge in [-0.3, -0.25) is 4.79 Å². The van der Waals surface area contributed by atoms with E-state index in [2.05, 4.69) is 72.4 Å². The Labute approximate surface area is 215 Å². The van der Waals surface area contributed by atoms with Gasteiger partial charge in [-0.2, -0.15) is 0 Å². The first kappa shape index (κ1) is 26.2. The van der Waals surface area contributed by atoms with Crippen molar-refractivity contribution in [2.45, 2.75) is 73.0 Å². The standard InChI is InChI=1S/C31H41N3O2/c1-6-24-8-10-25(11-9-24)26-17-27(19-32-20-29-21(3)16-22(4)33-31(29)35)23(5)30(18-26)34(7-2)28-12-14-36-15-13-28/h8-11,16-18,28,32H,6-7,12-15,19-20H2,1-5H3,(H,33,35). The molecular formula is C31H41N3O2. The summed E-state index contributed by atoms with van der Waals surface area (Å²) < 4.78 is 5.66. The molecule has 2 heterocycles. The Balaban J connectivity index is 1.67. The van der Waals surface area contributed by atoms with E-state index in [1.165, 1.54) is 33.5 Å². The molecule has 192 valence electrons. The molecule has 0 atom stereocenters. The normalized spacial score (nSPS) is 14.2. The fraction of sp³-hybridized carbons (Fsp3) is 0.452. The van der Waals surface area contributed by atoms with Gasteiger partial charge in [-0.05, 0) is 98.5 Å². The van der Waals surface area contributed by atoms with Crippen molar-refractivity contribution in [1.82, 2.24) is 10.3 Å². The lowest BCUT2D eigenvalue weighted by Crippen LogP contribution is -2.40. The molecule has 3 aromatic rings. The smallest absolute Gasteiger partial charge is 0.252 e. The molecule has 0 amide bonds. The zero-order chi connectivity index (χ0) is 25.7. The van der Waals surface area contributed by atoms with Crippen LogP contribution in [0.15, 0.2) is 47.3 Å². The molecule has 1 aliphatic rings. The molecule has 0 spiro atoms. The van der Waals surface area contributed by atoms with Gasteiger partial charge in [0.2, 0.25) is 0 Å². The number of hydrogen-bond acceptors (Lipinski definition) is 4. The molecule has 1 saturated heterocycles. The van der Waals surface area contributed by atoms with E-state index in [0.717, 1.165) is 55.8 Å². The Morgan fingerprint density at radius 2 is 1.69 bits per heavy atom. The Bertz CT molecular complexity index is 1220. The first-order valence-electron chi connectivity index (χ1n) is 13.4.